The molecule has 0 radical (unpaired) electrons. The average molecular weight is 408 g/mol. The summed E-state index contributed by atoms with van der Waals surface area (Å²) in [6.45, 7) is 0.686. The number of nitrogens with zero attached hydrogens (tertiary/aromatic N) is 3. The third kappa shape index (κ3) is 4.25. The number of para-hydroxylation sites is 1. The summed E-state index contributed by atoms with van der Waals surface area (Å²) in [5, 5.41) is 0.903. The molecule has 0 spiro atoms. The van der Waals surface area contributed by atoms with Gasteiger partial charge >= 0.3 is 0 Å². The molecule has 1 heterocycles. The van der Waals surface area contributed by atoms with E-state index in [2.05, 4.69) is 39.1 Å². The van der Waals surface area contributed by atoms with Gasteiger partial charge in [0.05, 0.1) is 19.7 Å². The van der Waals surface area contributed by atoms with E-state index in [1.165, 1.54) is 5.56 Å². The molecule has 1 aromatic heterocycles. The summed E-state index contributed by atoms with van der Waals surface area (Å²) in [4.78, 5) is 11.3. The van der Waals surface area contributed by atoms with Gasteiger partial charge < -0.3 is 14.4 Å². The monoisotopic (exact) mass is 407 g/mol. The summed E-state index contributed by atoms with van der Waals surface area (Å²) in [7, 11) is 3.25. The van der Waals surface area contributed by atoms with E-state index in [0.717, 1.165) is 22.4 Å². The Morgan fingerprint density at radius 2 is 1.41 bits per heavy atom. The van der Waals surface area contributed by atoms with Crippen molar-refractivity contribution in [3.8, 4) is 11.5 Å². The van der Waals surface area contributed by atoms with E-state index in [1.54, 1.807) is 20.5 Å². The normalized spacial score (nSPS) is 10.3. The van der Waals surface area contributed by atoms with E-state index in [4.69, 9.17) is 9.47 Å². The van der Waals surface area contributed by atoms with Gasteiger partial charge in [-0.1, -0.05) is 48.5 Å². The third-order valence-corrected chi connectivity index (χ3v) is 4.63. The number of fused-ring (bicyclic) bond motifs is 1. The maximum atomic E-state index is 5.50. The Kier molecular flexibility index (Phi) is 6.52. The molecule has 0 bridgehead atoms. The molecule has 148 valence electrons. The molecular weight excluding hydrogens is 386 g/mol. The minimum Gasteiger partial charge on any atom is -0.493 e. The van der Waals surface area contributed by atoms with E-state index < -0.39 is 0 Å². The molecule has 0 saturated heterocycles. The van der Waals surface area contributed by atoms with E-state index in [1.807, 2.05) is 48.5 Å². The number of methoxy groups -OCH3 is 2. The Balaban J connectivity index is 0.00000240. The molecule has 29 heavy (non-hydrogen) atoms. The van der Waals surface area contributed by atoms with Crippen LogP contribution in [0.25, 0.3) is 10.9 Å². The van der Waals surface area contributed by atoms with Gasteiger partial charge in [-0.05, 0) is 23.8 Å². The standard InChI is InChI=1S/C23H21N3O2.ClH/c1-27-21-13-19-20(14-22(21)28-2)24-16-25-23(19)26(18-11-7-4-8-12-18)15-17-9-5-3-6-10-17;/h3-14,16H,15H2,1-2H3;1H. The lowest BCUT2D eigenvalue weighted by atomic mass is 10.1. The van der Waals surface area contributed by atoms with Crippen molar-refractivity contribution in [2.24, 2.45) is 0 Å². The number of aromatic nitrogens is 2. The van der Waals surface area contributed by atoms with Crippen LogP contribution in [0.15, 0.2) is 79.1 Å². The van der Waals surface area contributed by atoms with Crippen LogP contribution in [0.1, 0.15) is 5.56 Å². The van der Waals surface area contributed by atoms with Crippen LogP contribution in [-0.4, -0.2) is 24.2 Å². The summed E-state index contributed by atoms with van der Waals surface area (Å²) in [6, 6.07) is 24.4. The van der Waals surface area contributed by atoms with Crippen LogP contribution in [-0.2, 0) is 6.54 Å². The number of hydrogen-bond acceptors (Lipinski definition) is 5. The maximum absolute atomic E-state index is 5.50. The van der Waals surface area contributed by atoms with Gasteiger partial charge in [-0.15, -0.1) is 12.4 Å². The van der Waals surface area contributed by atoms with Crippen LogP contribution in [0.4, 0.5) is 11.5 Å². The lowest BCUT2D eigenvalue weighted by Gasteiger charge is -2.25. The van der Waals surface area contributed by atoms with Gasteiger partial charge in [-0.2, -0.15) is 0 Å². The molecule has 0 N–H and O–H groups in total. The van der Waals surface area contributed by atoms with E-state index in [9.17, 15) is 0 Å². The number of benzene rings is 3. The molecule has 0 amide bonds. The average Bonchev–Trinajstić information content (AvgIpc) is 2.77. The van der Waals surface area contributed by atoms with Crippen LogP contribution in [0, 0.1) is 0 Å². The highest BCUT2D eigenvalue weighted by Crippen LogP contribution is 2.37. The first-order valence-electron chi connectivity index (χ1n) is 9.03. The van der Waals surface area contributed by atoms with Gasteiger partial charge in [0.1, 0.15) is 12.1 Å². The van der Waals surface area contributed by atoms with Gasteiger partial charge in [-0.3, -0.25) is 0 Å². The topological polar surface area (TPSA) is 47.5 Å². The molecule has 4 aromatic rings. The molecule has 0 aliphatic rings. The second-order valence-electron chi connectivity index (χ2n) is 6.33. The summed E-state index contributed by atoms with van der Waals surface area (Å²) in [6.07, 6.45) is 1.59. The van der Waals surface area contributed by atoms with Crippen LogP contribution < -0.4 is 14.4 Å². The molecule has 0 atom stereocenters. The Hall–Kier alpha value is -3.31. The largest absolute Gasteiger partial charge is 0.493 e. The molecule has 0 fully saturated rings. The Bertz CT molecular complexity index is 1080. The minimum absolute atomic E-state index is 0. The molecule has 6 heteroatoms. The molecule has 0 saturated carbocycles. The van der Waals surface area contributed by atoms with Gasteiger partial charge in [0.25, 0.3) is 0 Å². The van der Waals surface area contributed by atoms with Crippen molar-refractivity contribution in [2.45, 2.75) is 6.54 Å². The van der Waals surface area contributed by atoms with Crippen molar-refractivity contribution in [2.75, 3.05) is 19.1 Å². The molecule has 3 aromatic carbocycles. The van der Waals surface area contributed by atoms with Crippen LogP contribution >= 0.6 is 12.4 Å². The lowest BCUT2D eigenvalue weighted by molar-refractivity contribution is 0.356. The molecular formula is C23H22ClN3O2. The number of anilines is 2. The van der Waals surface area contributed by atoms with Crippen molar-refractivity contribution >= 4 is 34.8 Å². The van der Waals surface area contributed by atoms with Crippen molar-refractivity contribution in [1.29, 1.82) is 0 Å². The second-order valence-corrected chi connectivity index (χ2v) is 6.33. The first kappa shape index (κ1) is 20.4. The Morgan fingerprint density at radius 3 is 2.07 bits per heavy atom. The fourth-order valence-corrected chi connectivity index (χ4v) is 3.25. The molecule has 0 aliphatic carbocycles. The number of rotatable bonds is 6. The highest BCUT2D eigenvalue weighted by Gasteiger charge is 2.17. The van der Waals surface area contributed by atoms with E-state index in [-0.39, 0.29) is 12.4 Å². The Labute approximate surface area is 176 Å². The number of hydrogen-bond donors (Lipinski definition) is 0. The highest BCUT2D eigenvalue weighted by molar-refractivity contribution is 5.93. The van der Waals surface area contributed by atoms with Crippen LogP contribution in [0.2, 0.25) is 0 Å². The first-order chi connectivity index (χ1) is 13.8. The lowest BCUT2D eigenvalue weighted by Crippen LogP contribution is -2.18. The SMILES string of the molecule is COc1cc2ncnc(N(Cc3ccccc3)c3ccccc3)c2cc1OC.Cl. The van der Waals surface area contributed by atoms with Crippen molar-refractivity contribution in [1.82, 2.24) is 9.97 Å². The molecule has 5 nitrogen and oxygen atoms in total. The smallest absolute Gasteiger partial charge is 0.162 e. The predicted molar refractivity (Wildman–Crippen MR) is 119 cm³/mol. The highest BCUT2D eigenvalue weighted by atomic mass is 35.5. The van der Waals surface area contributed by atoms with Crippen molar-refractivity contribution in [3.05, 3.63) is 84.7 Å². The maximum Gasteiger partial charge on any atom is 0.162 e. The number of halogens is 1. The van der Waals surface area contributed by atoms with Gasteiger partial charge in [0.15, 0.2) is 11.5 Å². The summed E-state index contributed by atoms with van der Waals surface area (Å²) in [5.41, 5.74) is 3.05. The molecule has 0 unspecified atom stereocenters. The summed E-state index contributed by atoms with van der Waals surface area (Å²) >= 11 is 0. The van der Waals surface area contributed by atoms with Gasteiger partial charge in [0, 0.05) is 23.7 Å². The zero-order chi connectivity index (χ0) is 19.3. The first-order valence-corrected chi connectivity index (χ1v) is 9.03. The van der Waals surface area contributed by atoms with Crippen molar-refractivity contribution < 1.29 is 9.47 Å². The quantitative estimate of drug-likeness (QED) is 0.428. The fourth-order valence-electron chi connectivity index (χ4n) is 3.25. The minimum atomic E-state index is 0. The van der Waals surface area contributed by atoms with E-state index >= 15 is 0 Å². The molecule has 0 aliphatic heterocycles. The Morgan fingerprint density at radius 1 is 0.793 bits per heavy atom. The van der Waals surface area contributed by atoms with Gasteiger partial charge in [0.2, 0.25) is 0 Å². The summed E-state index contributed by atoms with van der Waals surface area (Å²) in [5.74, 6) is 2.12. The zero-order valence-electron chi connectivity index (χ0n) is 16.3. The van der Waals surface area contributed by atoms with Crippen LogP contribution in [0.5, 0.6) is 11.5 Å². The third-order valence-electron chi connectivity index (χ3n) is 4.63. The molecule has 4 rings (SSSR count). The van der Waals surface area contributed by atoms with E-state index in [0.29, 0.717) is 18.0 Å². The van der Waals surface area contributed by atoms with Gasteiger partial charge in [-0.25, -0.2) is 9.97 Å². The zero-order valence-corrected chi connectivity index (χ0v) is 17.1. The van der Waals surface area contributed by atoms with Crippen molar-refractivity contribution in [3.63, 3.8) is 0 Å². The van der Waals surface area contributed by atoms with Crippen LogP contribution in [0.3, 0.4) is 0 Å². The predicted octanol–water partition coefficient (Wildman–Crippen LogP) is 5.41. The number of ether oxygens (including phenoxy) is 2. The summed E-state index contributed by atoms with van der Waals surface area (Å²) < 4.78 is 10.9. The second kappa shape index (κ2) is 9.26. The fraction of sp³-hybridized carbons (Fsp3) is 0.130.